The molecular formula is C18H23BrN2O3S. The summed E-state index contributed by atoms with van der Waals surface area (Å²) in [6, 6.07) is 3.60. The van der Waals surface area contributed by atoms with E-state index in [1.807, 2.05) is 6.07 Å². The van der Waals surface area contributed by atoms with Crippen molar-refractivity contribution in [3.05, 3.63) is 22.2 Å². The molecule has 0 spiro atoms. The number of fused-ring (bicyclic) bond motifs is 1. The van der Waals surface area contributed by atoms with Gasteiger partial charge in [0.05, 0.1) is 4.90 Å². The lowest BCUT2D eigenvalue weighted by Gasteiger charge is -2.23. The van der Waals surface area contributed by atoms with E-state index in [2.05, 4.69) is 15.9 Å². The zero-order valence-corrected chi connectivity index (χ0v) is 16.6. The number of hydrogen-bond acceptors (Lipinski definition) is 3. The fourth-order valence-electron chi connectivity index (χ4n) is 3.79. The van der Waals surface area contributed by atoms with E-state index in [9.17, 15) is 13.2 Å². The molecule has 0 N–H and O–H groups in total. The molecule has 5 nitrogen and oxygen atoms in total. The molecule has 3 aliphatic rings. The van der Waals surface area contributed by atoms with Gasteiger partial charge in [-0.2, -0.15) is 4.31 Å². The Morgan fingerprint density at radius 1 is 1.04 bits per heavy atom. The summed E-state index contributed by atoms with van der Waals surface area (Å²) in [7, 11) is -3.54. The third kappa shape index (κ3) is 3.26. The average Bonchev–Trinajstić information content (AvgIpc) is 3.38. The van der Waals surface area contributed by atoms with Gasteiger partial charge < -0.3 is 4.90 Å². The number of halogens is 1. The third-order valence-corrected chi connectivity index (χ3v) is 8.26. The molecule has 0 bridgehead atoms. The predicted molar refractivity (Wildman–Crippen MR) is 100 cm³/mol. The van der Waals surface area contributed by atoms with E-state index < -0.39 is 10.0 Å². The molecule has 2 aliphatic heterocycles. The number of carbonyl (C=O) groups is 1. The van der Waals surface area contributed by atoms with Gasteiger partial charge in [-0.15, -0.1) is 0 Å². The maximum absolute atomic E-state index is 13.2. The van der Waals surface area contributed by atoms with Crippen molar-refractivity contribution in [2.75, 3.05) is 24.5 Å². The number of sulfonamides is 1. The van der Waals surface area contributed by atoms with Crippen LogP contribution < -0.4 is 4.90 Å². The van der Waals surface area contributed by atoms with Crippen molar-refractivity contribution >= 4 is 37.5 Å². The minimum atomic E-state index is -3.54. The maximum atomic E-state index is 13.2. The van der Waals surface area contributed by atoms with E-state index in [-0.39, 0.29) is 11.8 Å². The number of benzene rings is 1. The van der Waals surface area contributed by atoms with Gasteiger partial charge in [-0.25, -0.2) is 8.42 Å². The summed E-state index contributed by atoms with van der Waals surface area (Å²) in [5.74, 6) is 0.291. The Morgan fingerprint density at radius 2 is 1.72 bits per heavy atom. The second-order valence-corrected chi connectivity index (χ2v) is 10.0. The molecule has 0 atom stereocenters. The van der Waals surface area contributed by atoms with E-state index in [1.165, 1.54) is 0 Å². The molecule has 0 aromatic heterocycles. The lowest BCUT2D eigenvalue weighted by atomic mass is 10.2. The van der Waals surface area contributed by atoms with Gasteiger partial charge in [0.25, 0.3) is 0 Å². The second-order valence-electron chi connectivity index (χ2n) is 7.24. The number of nitrogens with zero attached hydrogens (tertiary/aromatic N) is 2. The molecular weight excluding hydrogens is 404 g/mol. The quantitative estimate of drug-likeness (QED) is 0.744. The summed E-state index contributed by atoms with van der Waals surface area (Å²) >= 11 is 3.46. The summed E-state index contributed by atoms with van der Waals surface area (Å²) in [4.78, 5) is 14.6. The molecule has 2 heterocycles. The molecule has 7 heteroatoms. The van der Waals surface area contributed by atoms with Crippen molar-refractivity contribution in [1.82, 2.24) is 4.31 Å². The Morgan fingerprint density at radius 3 is 2.36 bits per heavy atom. The smallest absolute Gasteiger partial charge is 0.244 e. The molecule has 0 radical (unpaired) electrons. The highest BCUT2D eigenvalue weighted by Gasteiger charge is 2.38. The van der Waals surface area contributed by atoms with Crippen LogP contribution in [-0.2, 0) is 21.2 Å². The minimum Gasteiger partial charge on any atom is -0.312 e. The van der Waals surface area contributed by atoms with Gasteiger partial charge in [0.2, 0.25) is 15.9 Å². The molecule has 1 saturated heterocycles. The van der Waals surface area contributed by atoms with Crippen molar-refractivity contribution in [1.29, 1.82) is 0 Å². The van der Waals surface area contributed by atoms with Gasteiger partial charge in [0, 0.05) is 35.7 Å². The summed E-state index contributed by atoms with van der Waals surface area (Å²) in [6.07, 6.45) is 6.70. The first-order valence-corrected chi connectivity index (χ1v) is 11.4. The van der Waals surface area contributed by atoms with Crippen molar-refractivity contribution < 1.29 is 13.2 Å². The van der Waals surface area contributed by atoms with Crippen LogP contribution >= 0.6 is 15.9 Å². The first-order valence-electron chi connectivity index (χ1n) is 9.12. The molecule has 136 valence electrons. The number of hydrogen-bond donors (Lipinski definition) is 0. The van der Waals surface area contributed by atoms with Crippen molar-refractivity contribution in [2.24, 2.45) is 5.92 Å². The number of rotatable bonds is 3. The average molecular weight is 427 g/mol. The molecule has 0 unspecified atom stereocenters. The highest BCUT2D eigenvalue weighted by atomic mass is 79.9. The van der Waals surface area contributed by atoms with Gasteiger partial charge in [-0.3, -0.25) is 4.79 Å². The lowest BCUT2D eigenvalue weighted by Crippen LogP contribution is -2.33. The fourth-order valence-corrected chi connectivity index (χ4v) is 6.37. The van der Waals surface area contributed by atoms with Gasteiger partial charge in [0.1, 0.15) is 0 Å². The molecule has 1 aliphatic carbocycles. The normalized spacial score (nSPS) is 21.9. The van der Waals surface area contributed by atoms with Crippen LogP contribution in [0.1, 0.15) is 44.1 Å². The third-order valence-electron chi connectivity index (χ3n) is 5.40. The van der Waals surface area contributed by atoms with Crippen LogP contribution in [0.5, 0.6) is 0 Å². The lowest BCUT2D eigenvalue weighted by molar-refractivity contribution is -0.119. The summed E-state index contributed by atoms with van der Waals surface area (Å²) in [5, 5.41) is 0. The maximum Gasteiger partial charge on any atom is 0.244 e. The first-order chi connectivity index (χ1) is 12.0. The van der Waals surface area contributed by atoms with Gasteiger partial charge in [-0.1, -0.05) is 12.8 Å². The molecule has 1 amide bonds. The zero-order valence-electron chi connectivity index (χ0n) is 14.2. The van der Waals surface area contributed by atoms with Crippen LogP contribution in [0.15, 0.2) is 21.5 Å². The van der Waals surface area contributed by atoms with E-state index in [1.54, 1.807) is 15.3 Å². The van der Waals surface area contributed by atoms with Crippen molar-refractivity contribution in [3.63, 3.8) is 0 Å². The number of carbonyl (C=O) groups excluding carboxylic acids is 1. The fraction of sp³-hybridized carbons (Fsp3) is 0.611. The van der Waals surface area contributed by atoms with Gasteiger partial charge in [0.15, 0.2) is 0 Å². The molecule has 1 saturated carbocycles. The summed E-state index contributed by atoms with van der Waals surface area (Å²) in [5.41, 5.74) is 1.84. The Kier molecular flexibility index (Phi) is 4.67. The predicted octanol–water partition coefficient (Wildman–Crippen LogP) is 3.31. The SMILES string of the molecule is O=C(C1CC1)N1CCc2cc(Br)c(S(=O)(=O)N3CCCCCC3)cc21. The number of amides is 1. The second kappa shape index (κ2) is 6.67. The Balaban J connectivity index is 1.70. The van der Waals surface area contributed by atoms with Crippen molar-refractivity contribution in [3.8, 4) is 0 Å². The van der Waals surface area contributed by atoms with E-state index in [4.69, 9.17) is 0 Å². The van der Waals surface area contributed by atoms with Crippen LogP contribution in [0.3, 0.4) is 0 Å². The monoisotopic (exact) mass is 426 g/mol. The van der Waals surface area contributed by atoms with E-state index >= 15 is 0 Å². The van der Waals surface area contributed by atoms with Gasteiger partial charge >= 0.3 is 0 Å². The van der Waals surface area contributed by atoms with Crippen LogP contribution in [0.25, 0.3) is 0 Å². The molecule has 1 aromatic carbocycles. The van der Waals surface area contributed by atoms with Crippen LogP contribution in [0, 0.1) is 5.92 Å². The summed E-state index contributed by atoms with van der Waals surface area (Å²) < 4.78 is 28.6. The molecule has 4 rings (SSSR count). The topological polar surface area (TPSA) is 57.7 Å². The largest absolute Gasteiger partial charge is 0.312 e. The molecule has 1 aromatic rings. The Bertz CT molecular complexity index is 797. The van der Waals surface area contributed by atoms with Crippen LogP contribution in [0.2, 0.25) is 0 Å². The van der Waals surface area contributed by atoms with Gasteiger partial charge in [-0.05, 0) is 65.7 Å². The highest BCUT2D eigenvalue weighted by molar-refractivity contribution is 9.10. The van der Waals surface area contributed by atoms with Crippen LogP contribution in [0.4, 0.5) is 5.69 Å². The van der Waals surface area contributed by atoms with Crippen molar-refractivity contribution in [2.45, 2.75) is 49.8 Å². The molecule has 2 fully saturated rings. The van der Waals surface area contributed by atoms with E-state index in [0.29, 0.717) is 29.0 Å². The standard InChI is InChI=1S/C18H23BrN2O3S/c19-15-11-14-7-10-21(18(22)13-5-6-13)16(14)12-17(15)25(23,24)20-8-3-1-2-4-9-20/h11-13H,1-10H2. The number of anilines is 1. The zero-order chi connectivity index (χ0) is 17.6. The molecule has 25 heavy (non-hydrogen) atoms. The first kappa shape index (κ1) is 17.5. The Labute approximate surface area is 157 Å². The highest BCUT2D eigenvalue weighted by Crippen LogP contribution is 2.40. The summed E-state index contributed by atoms with van der Waals surface area (Å²) in [6.45, 7) is 1.82. The van der Waals surface area contributed by atoms with Crippen LogP contribution in [-0.4, -0.2) is 38.3 Å². The minimum absolute atomic E-state index is 0.139. The Hall–Kier alpha value is -0.920. The van der Waals surface area contributed by atoms with E-state index in [0.717, 1.165) is 56.2 Å².